The average molecular weight is 373 g/mol. The highest BCUT2D eigenvalue weighted by molar-refractivity contribution is 5.98. The molecule has 0 unspecified atom stereocenters. The molecule has 1 atom stereocenters. The molecule has 7 nitrogen and oxygen atoms in total. The van der Waals surface area contributed by atoms with Gasteiger partial charge in [0.2, 0.25) is 0 Å². The van der Waals surface area contributed by atoms with E-state index in [1.54, 1.807) is 12.3 Å². The molecule has 27 heavy (non-hydrogen) atoms. The van der Waals surface area contributed by atoms with Gasteiger partial charge >= 0.3 is 17.9 Å². The Labute approximate surface area is 158 Å². The van der Waals surface area contributed by atoms with Crippen LogP contribution >= 0.6 is 0 Å². The Kier molecular flexibility index (Phi) is 7.16. The van der Waals surface area contributed by atoms with Gasteiger partial charge in [-0.05, 0) is 18.2 Å². The number of carbonyl (C=O) groups is 3. The third-order valence-electron chi connectivity index (χ3n) is 4.33. The van der Waals surface area contributed by atoms with Gasteiger partial charge in [0.15, 0.2) is 5.92 Å². The van der Waals surface area contributed by atoms with Crippen LogP contribution in [0.2, 0.25) is 0 Å². The maximum absolute atomic E-state index is 12.4. The summed E-state index contributed by atoms with van der Waals surface area (Å²) in [4.78, 5) is 38.6. The standard InChI is InChI=1S/C20H23NO6/c1-25-18(22)16-13-21(12-14-8-5-4-6-9-14)11-7-10-15(16)17(19(23)26-2)20(24)27-3/h4-9,11,13,15,17H,10,12H2,1-3H3/t15-/m0/s1. The molecule has 0 bridgehead atoms. The van der Waals surface area contributed by atoms with Crippen LogP contribution in [0.5, 0.6) is 0 Å². The summed E-state index contributed by atoms with van der Waals surface area (Å²) in [5.74, 6) is -4.14. The zero-order chi connectivity index (χ0) is 19.8. The van der Waals surface area contributed by atoms with Crippen molar-refractivity contribution in [3.63, 3.8) is 0 Å². The minimum absolute atomic E-state index is 0.208. The Hall–Kier alpha value is -3.09. The fraction of sp³-hybridized carbons (Fsp3) is 0.350. The fourth-order valence-corrected chi connectivity index (χ4v) is 3.00. The molecule has 0 fully saturated rings. The summed E-state index contributed by atoms with van der Waals surface area (Å²) in [7, 11) is 3.63. The normalized spacial score (nSPS) is 16.4. The SMILES string of the molecule is COC(=O)C1=CN(Cc2ccccc2)C=CC[C@@H]1C(C(=O)OC)C(=O)OC. The molecule has 2 rings (SSSR count). The van der Waals surface area contributed by atoms with Crippen LogP contribution in [-0.2, 0) is 35.1 Å². The summed E-state index contributed by atoms with van der Waals surface area (Å²) in [5, 5.41) is 0. The van der Waals surface area contributed by atoms with Gasteiger partial charge in [0.25, 0.3) is 0 Å². The van der Waals surface area contributed by atoms with E-state index in [9.17, 15) is 14.4 Å². The van der Waals surface area contributed by atoms with Gasteiger partial charge in [-0.2, -0.15) is 0 Å². The molecular formula is C20H23NO6. The minimum atomic E-state index is -1.26. The number of methoxy groups -OCH3 is 3. The lowest BCUT2D eigenvalue weighted by molar-refractivity contribution is -0.161. The largest absolute Gasteiger partial charge is 0.468 e. The van der Waals surface area contributed by atoms with E-state index in [1.807, 2.05) is 41.4 Å². The molecule has 144 valence electrons. The van der Waals surface area contributed by atoms with Crippen molar-refractivity contribution in [2.45, 2.75) is 13.0 Å². The van der Waals surface area contributed by atoms with Crippen molar-refractivity contribution in [1.29, 1.82) is 0 Å². The maximum atomic E-state index is 12.4. The number of rotatable bonds is 6. The predicted molar refractivity (Wildman–Crippen MR) is 96.9 cm³/mol. The van der Waals surface area contributed by atoms with Crippen molar-refractivity contribution in [2.75, 3.05) is 21.3 Å². The van der Waals surface area contributed by atoms with E-state index in [1.165, 1.54) is 21.3 Å². The average Bonchev–Trinajstić information content (AvgIpc) is 2.90. The highest BCUT2D eigenvalue weighted by atomic mass is 16.5. The van der Waals surface area contributed by atoms with E-state index < -0.39 is 29.7 Å². The molecule has 0 N–H and O–H groups in total. The summed E-state index contributed by atoms with van der Waals surface area (Å²) < 4.78 is 14.4. The second-order valence-corrected chi connectivity index (χ2v) is 5.98. The Bertz CT molecular complexity index is 724. The van der Waals surface area contributed by atoms with Crippen LogP contribution in [0, 0.1) is 11.8 Å². The third kappa shape index (κ3) is 4.97. The number of allylic oxidation sites excluding steroid dienone is 1. The van der Waals surface area contributed by atoms with Gasteiger partial charge in [-0.3, -0.25) is 9.59 Å². The smallest absolute Gasteiger partial charge is 0.335 e. The Morgan fingerprint density at radius 1 is 1.04 bits per heavy atom. The second kappa shape index (κ2) is 9.56. The van der Waals surface area contributed by atoms with Crippen LogP contribution in [0.15, 0.2) is 54.4 Å². The Morgan fingerprint density at radius 2 is 1.67 bits per heavy atom. The van der Waals surface area contributed by atoms with Crippen LogP contribution in [-0.4, -0.2) is 44.1 Å². The lowest BCUT2D eigenvalue weighted by Gasteiger charge is -2.23. The van der Waals surface area contributed by atoms with Gasteiger partial charge in [0.1, 0.15) is 0 Å². The van der Waals surface area contributed by atoms with Crippen molar-refractivity contribution >= 4 is 17.9 Å². The lowest BCUT2D eigenvalue weighted by Crippen LogP contribution is -2.36. The Balaban J connectivity index is 2.40. The monoisotopic (exact) mass is 373 g/mol. The van der Waals surface area contributed by atoms with E-state index in [0.29, 0.717) is 6.54 Å². The van der Waals surface area contributed by atoms with Crippen molar-refractivity contribution < 1.29 is 28.6 Å². The Morgan fingerprint density at radius 3 is 2.22 bits per heavy atom. The van der Waals surface area contributed by atoms with Crippen molar-refractivity contribution in [1.82, 2.24) is 4.90 Å². The number of benzene rings is 1. The number of carbonyl (C=O) groups excluding carboxylic acids is 3. The molecule has 7 heteroatoms. The summed E-state index contributed by atoms with van der Waals surface area (Å²) >= 11 is 0. The minimum Gasteiger partial charge on any atom is -0.468 e. The van der Waals surface area contributed by atoms with Gasteiger partial charge in [0.05, 0.1) is 26.9 Å². The molecule has 1 heterocycles. The number of ether oxygens (including phenoxy) is 3. The van der Waals surface area contributed by atoms with Gasteiger partial charge in [-0.25, -0.2) is 4.79 Å². The lowest BCUT2D eigenvalue weighted by atomic mass is 9.83. The number of hydrogen-bond donors (Lipinski definition) is 0. The van der Waals surface area contributed by atoms with Crippen LogP contribution in [0.3, 0.4) is 0 Å². The van der Waals surface area contributed by atoms with Crippen LogP contribution < -0.4 is 0 Å². The molecule has 0 amide bonds. The quantitative estimate of drug-likeness (QED) is 0.429. The highest BCUT2D eigenvalue weighted by Crippen LogP contribution is 2.31. The number of esters is 3. The van der Waals surface area contributed by atoms with Gasteiger partial charge in [0, 0.05) is 18.7 Å². The number of nitrogens with zero attached hydrogens (tertiary/aromatic N) is 1. The first-order valence-corrected chi connectivity index (χ1v) is 8.43. The molecular weight excluding hydrogens is 350 g/mol. The first kappa shape index (κ1) is 20.2. The van der Waals surface area contributed by atoms with Gasteiger partial charge < -0.3 is 19.1 Å². The van der Waals surface area contributed by atoms with Crippen LogP contribution in [0.1, 0.15) is 12.0 Å². The predicted octanol–water partition coefficient (Wildman–Crippen LogP) is 2.04. The van der Waals surface area contributed by atoms with Crippen molar-refractivity contribution in [3.05, 3.63) is 59.9 Å². The fourth-order valence-electron chi connectivity index (χ4n) is 3.00. The molecule has 0 radical (unpaired) electrons. The van der Waals surface area contributed by atoms with Crippen molar-refractivity contribution in [3.8, 4) is 0 Å². The zero-order valence-corrected chi connectivity index (χ0v) is 15.6. The van der Waals surface area contributed by atoms with Gasteiger partial charge in [-0.1, -0.05) is 36.4 Å². The molecule has 1 aliphatic rings. The van der Waals surface area contributed by atoms with Crippen LogP contribution in [0.25, 0.3) is 0 Å². The second-order valence-electron chi connectivity index (χ2n) is 5.98. The molecule has 0 aliphatic carbocycles. The highest BCUT2D eigenvalue weighted by Gasteiger charge is 2.41. The zero-order valence-electron chi connectivity index (χ0n) is 15.6. The van der Waals surface area contributed by atoms with E-state index in [4.69, 9.17) is 14.2 Å². The molecule has 1 aromatic carbocycles. The molecule has 1 aromatic rings. The summed E-state index contributed by atoms with van der Waals surface area (Å²) in [6.07, 6.45) is 5.49. The maximum Gasteiger partial charge on any atom is 0.335 e. The van der Waals surface area contributed by atoms with E-state index in [0.717, 1.165) is 5.56 Å². The first-order valence-electron chi connectivity index (χ1n) is 8.43. The molecule has 0 saturated carbocycles. The summed E-state index contributed by atoms with van der Waals surface area (Å²) in [6.45, 7) is 0.520. The van der Waals surface area contributed by atoms with E-state index >= 15 is 0 Å². The van der Waals surface area contributed by atoms with Crippen molar-refractivity contribution in [2.24, 2.45) is 11.8 Å². The first-order chi connectivity index (χ1) is 13.0. The third-order valence-corrected chi connectivity index (χ3v) is 4.33. The van der Waals surface area contributed by atoms with E-state index in [-0.39, 0.29) is 12.0 Å². The van der Waals surface area contributed by atoms with Crippen LogP contribution in [0.4, 0.5) is 0 Å². The molecule has 0 spiro atoms. The summed E-state index contributed by atoms with van der Waals surface area (Å²) in [5.41, 5.74) is 1.25. The molecule has 1 aliphatic heterocycles. The topological polar surface area (TPSA) is 82.1 Å². The van der Waals surface area contributed by atoms with E-state index in [2.05, 4.69) is 0 Å². The number of hydrogen-bond acceptors (Lipinski definition) is 7. The van der Waals surface area contributed by atoms with Gasteiger partial charge in [-0.15, -0.1) is 0 Å². The summed E-state index contributed by atoms with van der Waals surface area (Å²) in [6, 6.07) is 9.70. The molecule has 0 saturated heterocycles. The molecule has 0 aromatic heterocycles.